The highest BCUT2D eigenvalue weighted by molar-refractivity contribution is 7.89. The van der Waals surface area contributed by atoms with Crippen molar-refractivity contribution in [2.75, 3.05) is 71.5 Å². The molecular formula is C27H35N5O5S2. The Labute approximate surface area is 233 Å². The largest absolute Gasteiger partial charge is 0.493 e. The molecule has 3 aromatic rings. The second-order valence-corrected chi connectivity index (χ2v) is 12.7. The van der Waals surface area contributed by atoms with E-state index in [1.54, 1.807) is 37.7 Å². The standard InChI is InChI=1S/C27H35N5O5S2/c1-36-22-10-11-23-24(25(22)37-2)29-27(38-23)31-18-16-30(17-19-31)15-12-28-26(33)20-6-8-21(9-7-20)39(34,35)32-13-4-3-5-14-32/h6-11H,3-5,12-19H2,1-2H3,(H,28,33). The van der Waals surface area contributed by atoms with Gasteiger partial charge in [-0.05, 0) is 49.2 Å². The summed E-state index contributed by atoms with van der Waals surface area (Å²) >= 11 is 1.65. The van der Waals surface area contributed by atoms with Crippen molar-refractivity contribution in [3.8, 4) is 11.5 Å². The van der Waals surface area contributed by atoms with Crippen LogP contribution in [0.25, 0.3) is 10.2 Å². The molecule has 0 unspecified atom stereocenters. The lowest BCUT2D eigenvalue weighted by Crippen LogP contribution is -2.48. The number of methoxy groups -OCH3 is 2. The van der Waals surface area contributed by atoms with Gasteiger partial charge < -0.3 is 19.7 Å². The van der Waals surface area contributed by atoms with Crippen LogP contribution in [0.1, 0.15) is 29.6 Å². The Bertz CT molecular complexity index is 1400. The molecule has 10 nitrogen and oxygen atoms in total. The number of hydrogen-bond donors (Lipinski definition) is 1. The highest BCUT2D eigenvalue weighted by Crippen LogP contribution is 2.40. The van der Waals surface area contributed by atoms with E-state index < -0.39 is 10.0 Å². The number of rotatable bonds is 9. The Morgan fingerprint density at radius 2 is 1.67 bits per heavy atom. The number of piperidine rings is 1. The number of ether oxygens (including phenoxy) is 2. The maximum Gasteiger partial charge on any atom is 0.251 e. The van der Waals surface area contributed by atoms with Crippen molar-refractivity contribution in [3.05, 3.63) is 42.0 Å². The van der Waals surface area contributed by atoms with Crippen LogP contribution < -0.4 is 19.7 Å². The average molecular weight is 574 g/mol. The van der Waals surface area contributed by atoms with Gasteiger partial charge in [0.05, 0.1) is 23.8 Å². The fraction of sp³-hybridized carbons (Fsp3) is 0.481. The molecule has 0 bridgehead atoms. The van der Waals surface area contributed by atoms with Gasteiger partial charge in [0.15, 0.2) is 16.6 Å². The highest BCUT2D eigenvalue weighted by atomic mass is 32.2. The van der Waals surface area contributed by atoms with Gasteiger partial charge in [0.2, 0.25) is 10.0 Å². The van der Waals surface area contributed by atoms with Crippen LogP contribution in [0.5, 0.6) is 11.5 Å². The van der Waals surface area contributed by atoms with Crippen LogP contribution in [-0.2, 0) is 10.0 Å². The molecule has 2 aliphatic rings. The maximum atomic E-state index is 12.8. The van der Waals surface area contributed by atoms with Crippen molar-refractivity contribution in [1.82, 2.24) is 19.5 Å². The van der Waals surface area contributed by atoms with Gasteiger partial charge in [0.25, 0.3) is 5.91 Å². The first-order chi connectivity index (χ1) is 18.9. The summed E-state index contributed by atoms with van der Waals surface area (Å²) < 4.78 is 39.2. The summed E-state index contributed by atoms with van der Waals surface area (Å²) in [6.45, 7) is 5.81. The molecule has 1 N–H and O–H groups in total. The summed E-state index contributed by atoms with van der Waals surface area (Å²) in [6, 6.07) is 10.2. The number of fused-ring (bicyclic) bond motifs is 1. The van der Waals surface area contributed by atoms with E-state index in [1.807, 2.05) is 12.1 Å². The lowest BCUT2D eigenvalue weighted by Gasteiger charge is -2.34. The van der Waals surface area contributed by atoms with E-state index in [0.29, 0.717) is 36.7 Å². The monoisotopic (exact) mass is 573 g/mol. The number of carbonyl (C=O) groups is 1. The van der Waals surface area contributed by atoms with Gasteiger partial charge in [-0.3, -0.25) is 9.69 Å². The number of thiazole rings is 1. The van der Waals surface area contributed by atoms with Gasteiger partial charge in [-0.15, -0.1) is 0 Å². The Balaban J connectivity index is 1.10. The lowest BCUT2D eigenvalue weighted by molar-refractivity contribution is 0.0947. The summed E-state index contributed by atoms with van der Waals surface area (Å²) in [4.78, 5) is 22.3. The van der Waals surface area contributed by atoms with Gasteiger partial charge in [-0.1, -0.05) is 17.8 Å². The summed E-state index contributed by atoms with van der Waals surface area (Å²) in [5.41, 5.74) is 1.28. The fourth-order valence-corrected chi connectivity index (χ4v) is 7.59. The minimum absolute atomic E-state index is 0.200. The van der Waals surface area contributed by atoms with Gasteiger partial charge in [0, 0.05) is 57.9 Å². The summed E-state index contributed by atoms with van der Waals surface area (Å²) in [7, 11) is -0.248. The topological polar surface area (TPSA) is 104 Å². The van der Waals surface area contributed by atoms with E-state index in [0.717, 1.165) is 67.3 Å². The Morgan fingerprint density at radius 3 is 2.33 bits per heavy atom. The van der Waals surface area contributed by atoms with Crippen molar-refractivity contribution < 1.29 is 22.7 Å². The van der Waals surface area contributed by atoms with Crippen LogP contribution in [0.4, 0.5) is 5.13 Å². The number of aromatic nitrogens is 1. The number of sulfonamides is 1. The van der Waals surface area contributed by atoms with E-state index in [1.165, 1.54) is 16.4 Å². The third-order valence-electron chi connectivity index (χ3n) is 7.32. The van der Waals surface area contributed by atoms with E-state index in [9.17, 15) is 13.2 Å². The van der Waals surface area contributed by atoms with Gasteiger partial charge in [-0.2, -0.15) is 4.31 Å². The van der Waals surface area contributed by atoms with Crippen LogP contribution in [0, 0.1) is 0 Å². The SMILES string of the molecule is COc1ccc2sc(N3CCN(CCNC(=O)c4ccc(S(=O)(=O)N5CCCCC5)cc4)CC3)nc2c1OC. The number of hydrogen-bond acceptors (Lipinski definition) is 9. The summed E-state index contributed by atoms with van der Waals surface area (Å²) in [6.07, 6.45) is 2.85. The number of amides is 1. The third-order valence-corrected chi connectivity index (χ3v) is 10.3. The molecule has 12 heteroatoms. The van der Waals surface area contributed by atoms with Crippen LogP contribution in [0.2, 0.25) is 0 Å². The summed E-state index contributed by atoms with van der Waals surface area (Å²) in [5.74, 6) is 1.13. The maximum absolute atomic E-state index is 12.8. The number of nitrogens with one attached hydrogen (secondary N) is 1. The molecule has 1 aromatic heterocycles. The molecule has 39 heavy (non-hydrogen) atoms. The van der Waals surface area contributed by atoms with Crippen molar-refractivity contribution >= 4 is 42.6 Å². The lowest BCUT2D eigenvalue weighted by atomic mass is 10.2. The van der Waals surface area contributed by atoms with Gasteiger partial charge in [-0.25, -0.2) is 13.4 Å². The number of nitrogens with zero attached hydrogens (tertiary/aromatic N) is 4. The minimum Gasteiger partial charge on any atom is -0.493 e. The Hall–Kier alpha value is -2.93. The molecule has 0 atom stereocenters. The molecule has 0 radical (unpaired) electrons. The van der Waals surface area contributed by atoms with Crippen LogP contribution in [0.15, 0.2) is 41.3 Å². The molecule has 3 heterocycles. The van der Waals surface area contributed by atoms with Crippen molar-refractivity contribution in [3.63, 3.8) is 0 Å². The zero-order valence-corrected chi connectivity index (χ0v) is 24.0. The smallest absolute Gasteiger partial charge is 0.251 e. The van der Waals surface area contributed by atoms with Gasteiger partial charge >= 0.3 is 0 Å². The molecule has 0 aliphatic carbocycles. The highest BCUT2D eigenvalue weighted by Gasteiger charge is 2.26. The first-order valence-electron chi connectivity index (χ1n) is 13.3. The quantitative estimate of drug-likeness (QED) is 0.417. The van der Waals surface area contributed by atoms with Crippen molar-refractivity contribution in [2.24, 2.45) is 0 Å². The van der Waals surface area contributed by atoms with Crippen LogP contribution in [0.3, 0.4) is 0 Å². The van der Waals surface area contributed by atoms with E-state index in [-0.39, 0.29) is 10.8 Å². The molecule has 0 spiro atoms. The van der Waals surface area contributed by atoms with Gasteiger partial charge in [0.1, 0.15) is 5.52 Å². The third kappa shape index (κ3) is 5.98. The molecule has 0 saturated carbocycles. The van der Waals surface area contributed by atoms with Crippen molar-refractivity contribution in [2.45, 2.75) is 24.2 Å². The van der Waals surface area contributed by atoms with Crippen LogP contribution in [-0.4, -0.2) is 95.1 Å². The number of benzene rings is 2. The van der Waals surface area contributed by atoms with Crippen molar-refractivity contribution in [1.29, 1.82) is 0 Å². The summed E-state index contributed by atoms with van der Waals surface area (Å²) in [5, 5.41) is 3.93. The zero-order valence-electron chi connectivity index (χ0n) is 22.4. The van der Waals surface area contributed by atoms with E-state index in [4.69, 9.17) is 14.5 Å². The normalized spacial score (nSPS) is 17.3. The molecule has 1 amide bonds. The second-order valence-electron chi connectivity index (χ2n) is 9.72. The molecule has 2 aliphatic heterocycles. The molecule has 2 saturated heterocycles. The average Bonchev–Trinajstić information content (AvgIpc) is 3.42. The van der Waals surface area contributed by atoms with Crippen LogP contribution >= 0.6 is 11.3 Å². The second kappa shape index (κ2) is 12.1. The van der Waals surface area contributed by atoms with E-state index in [2.05, 4.69) is 15.1 Å². The number of carbonyl (C=O) groups excluding carboxylic acids is 1. The first kappa shape index (κ1) is 27.6. The minimum atomic E-state index is -3.50. The number of piperazine rings is 1. The predicted octanol–water partition coefficient (Wildman–Crippen LogP) is 3.04. The molecule has 5 rings (SSSR count). The molecule has 210 valence electrons. The Kier molecular flexibility index (Phi) is 8.55. The molecule has 2 aromatic carbocycles. The fourth-order valence-electron chi connectivity index (χ4n) is 5.06. The number of anilines is 1. The van der Waals surface area contributed by atoms with E-state index >= 15 is 0 Å². The first-order valence-corrected chi connectivity index (χ1v) is 15.5. The zero-order chi connectivity index (χ0) is 27.4. The molecular weight excluding hydrogens is 538 g/mol. The Morgan fingerprint density at radius 1 is 0.949 bits per heavy atom. The molecule has 2 fully saturated rings. The predicted molar refractivity (Wildman–Crippen MR) is 153 cm³/mol.